The molecular weight excluding hydrogens is 280 g/mol. The predicted octanol–water partition coefficient (Wildman–Crippen LogP) is 3.68. The van der Waals surface area contributed by atoms with Crippen molar-refractivity contribution in [3.05, 3.63) is 48.0 Å². The summed E-state index contributed by atoms with van der Waals surface area (Å²) in [5, 5.41) is 12.2. The summed E-state index contributed by atoms with van der Waals surface area (Å²) in [6.07, 6.45) is 1.34. The van der Waals surface area contributed by atoms with Gasteiger partial charge in [0.05, 0.1) is 6.04 Å². The van der Waals surface area contributed by atoms with Crippen molar-refractivity contribution in [3.63, 3.8) is 0 Å². The van der Waals surface area contributed by atoms with Gasteiger partial charge in [-0.15, -0.1) is 0 Å². The molecule has 0 fully saturated rings. The number of para-hydroxylation sites is 1. The molecule has 0 radical (unpaired) electrons. The maximum absolute atomic E-state index is 10.9. The number of fused-ring (bicyclic) bond motifs is 3. The van der Waals surface area contributed by atoms with E-state index in [1.54, 1.807) is 6.92 Å². The van der Waals surface area contributed by atoms with Gasteiger partial charge in [-0.1, -0.05) is 30.3 Å². The molecule has 5 heteroatoms. The van der Waals surface area contributed by atoms with Crippen molar-refractivity contribution in [2.75, 3.05) is 0 Å². The highest BCUT2D eigenvalue weighted by Crippen LogP contribution is 2.29. The third-order valence-electron chi connectivity index (χ3n) is 3.94. The monoisotopic (exact) mass is 298 g/mol. The molecule has 0 spiro atoms. The Bertz CT molecular complexity index is 825. The number of nitrogens with zero attached hydrogens (tertiary/aromatic N) is 1. The van der Waals surface area contributed by atoms with Gasteiger partial charge in [0.15, 0.2) is 0 Å². The number of aryl methyl sites for hydroxylation is 1. The van der Waals surface area contributed by atoms with E-state index in [2.05, 4.69) is 0 Å². The van der Waals surface area contributed by atoms with Crippen LogP contribution < -0.4 is 5.73 Å². The second-order valence-electron chi connectivity index (χ2n) is 5.50. The fraction of sp³-hybridized carbons (Fsp3) is 0.235. The number of rotatable bonds is 4. The molecule has 22 heavy (non-hydrogen) atoms. The Morgan fingerprint density at radius 3 is 2.73 bits per heavy atom. The Hall–Kier alpha value is -2.53. The van der Waals surface area contributed by atoms with Crippen LogP contribution in [-0.2, 0) is 6.42 Å². The van der Waals surface area contributed by atoms with E-state index in [4.69, 9.17) is 10.2 Å². The average Bonchev–Trinajstić information content (AvgIpc) is 2.89. The Morgan fingerprint density at radius 2 is 1.95 bits per heavy atom. The van der Waals surface area contributed by atoms with Crippen molar-refractivity contribution in [2.45, 2.75) is 25.8 Å². The highest BCUT2D eigenvalue weighted by Gasteiger charge is 2.15. The van der Waals surface area contributed by atoms with Crippen LogP contribution in [0.4, 0.5) is 4.79 Å². The Morgan fingerprint density at radius 1 is 1.23 bits per heavy atom. The molecule has 5 nitrogen and oxygen atoms in total. The van der Waals surface area contributed by atoms with Crippen LogP contribution in [0.15, 0.2) is 46.9 Å². The summed E-state index contributed by atoms with van der Waals surface area (Å²) in [5.74, 6) is 0. The number of nitrogens with two attached hydrogens (primary N) is 1. The quantitative estimate of drug-likeness (QED) is 0.569. The van der Waals surface area contributed by atoms with Crippen molar-refractivity contribution in [1.29, 1.82) is 0 Å². The van der Waals surface area contributed by atoms with Crippen LogP contribution in [0.1, 0.15) is 18.9 Å². The van der Waals surface area contributed by atoms with Gasteiger partial charge in [0, 0.05) is 10.8 Å². The van der Waals surface area contributed by atoms with Crippen LogP contribution in [0, 0.1) is 0 Å². The van der Waals surface area contributed by atoms with Crippen LogP contribution in [0.25, 0.3) is 21.9 Å². The van der Waals surface area contributed by atoms with Crippen molar-refractivity contribution in [1.82, 2.24) is 5.06 Å². The Labute approximate surface area is 127 Å². The third kappa shape index (κ3) is 2.63. The van der Waals surface area contributed by atoms with E-state index < -0.39 is 6.03 Å². The standard InChI is InChI=1S/C17H18N2O3/c1-11(19(21)17(18)20)6-7-12-8-9-14-13-4-2-3-5-15(13)22-16(14)10-12/h2-5,8-11,21H,6-7H2,1H3,(H2,18,20). The zero-order valence-corrected chi connectivity index (χ0v) is 12.3. The molecule has 0 aliphatic rings. The molecule has 3 rings (SSSR count). The first-order valence-corrected chi connectivity index (χ1v) is 7.24. The van der Waals surface area contributed by atoms with Gasteiger partial charge >= 0.3 is 6.03 Å². The van der Waals surface area contributed by atoms with Gasteiger partial charge in [0.1, 0.15) is 11.2 Å². The number of carbonyl (C=O) groups excluding carboxylic acids is 1. The van der Waals surface area contributed by atoms with Crippen LogP contribution >= 0.6 is 0 Å². The minimum absolute atomic E-state index is 0.330. The minimum atomic E-state index is -0.833. The van der Waals surface area contributed by atoms with E-state index >= 15 is 0 Å². The zero-order chi connectivity index (χ0) is 15.7. The van der Waals surface area contributed by atoms with Gasteiger partial charge < -0.3 is 10.2 Å². The summed E-state index contributed by atoms with van der Waals surface area (Å²) >= 11 is 0. The lowest BCUT2D eigenvalue weighted by atomic mass is 10.0. The lowest BCUT2D eigenvalue weighted by molar-refractivity contribution is -0.0714. The molecule has 0 saturated heterocycles. The smallest absolute Gasteiger partial charge is 0.338 e. The highest BCUT2D eigenvalue weighted by molar-refractivity contribution is 6.04. The largest absolute Gasteiger partial charge is 0.456 e. The fourth-order valence-electron chi connectivity index (χ4n) is 2.64. The Kier molecular flexibility index (Phi) is 3.73. The summed E-state index contributed by atoms with van der Waals surface area (Å²) in [7, 11) is 0. The number of furan rings is 1. The predicted molar refractivity (Wildman–Crippen MR) is 84.7 cm³/mol. The number of hydrogen-bond acceptors (Lipinski definition) is 3. The summed E-state index contributed by atoms with van der Waals surface area (Å²) in [6, 6.07) is 12.9. The molecule has 114 valence electrons. The molecule has 1 atom stereocenters. The molecule has 1 heterocycles. The normalized spacial score (nSPS) is 12.6. The maximum atomic E-state index is 10.9. The van der Waals surface area contributed by atoms with Crippen molar-refractivity contribution < 1.29 is 14.4 Å². The third-order valence-corrected chi connectivity index (χ3v) is 3.94. The van der Waals surface area contributed by atoms with E-state index in [0.29, 0.717) is 11.5 Å². The molecule has 2 aromatic carbocycles. The zero-order valence-electron chi connectivity index (χ0n) is 12.3. The minimum Gasteiger partial charge on any atom is -0.456 e. The number of amides is 2. The van der Waals surface area contributed by atoms with Gasteiger partial charge in [-0.2, -0.15) is 0 Å². The van der Waals surface area contributed by atoms with E-state index in [-0.39, 0.29) is 6.04 Å². The first kappa shape index (κ1) is 14.4. The summed E-state index contributed by atoms with van der Waals surface area (Å²) in [4.78, 5) is 10.9. The second kappa shape index (κ2) is 5.69. The van der Waals surface area contributed by atoms with Crippen LogP contribution in [0.5, 0.6) is 0 Å². The van der Waals surface area contributed by atoms with E-state index in [0.717, 1.165) is 33.9 Å². The van der Waals surface area contributed by atoms with Crippen molar-refractivity contribution >= 4 is 28.0 Å². The van der Waals surface area contributed by atoms with E-state index in [1.807, 2.05) is 42.5 Å². The summed E-state index contributed by atoms with van der Waals surface area (Å²) in [6.45, 7) is 1.75. The fourth-order valence-corrected chi connectivity index (χ4v) is 2.64. The first-order chi connectivity index (χ1) is 10.6. The number of primary amides is 1. The molecule has 0 aliphatic heterocycles. The molecule has 2 amide bonds. The number of hydroxylamine groups is 2. The molecule has 0 bridgehead atoms. The van der Waals surface area contributed by atoms with Gasteiger partial charge in [-0.3, -0.25) is 5.21 Å². The number of benzene rings is 2. The lowest BCUT2D eigenvalue weighted by Gasteiger charge is -2.20. The lowest BCUT2D eigenvalue weighted by Crippen LogP contribution is -2.39. The molecule has 0 aliphatic carbocycles. The van der Waals surface area contributed by atoms with Gasteiger partial charge in [-0.05, 0) is 37.5 Å². The summed E-state index contributed by atoms with van der Waals surface area (Å²) in [5.41, 5.74) is 7.86. The highest BCUT2D eigenvalue weighted by atomic mass is 16.5. The Balaban J connectivity index is 1.80. The number of urea groups is 1. The van der Waals surface area contributed by atoms with Crippen LogP contribution in [0.3, 0.4) is 0 Å². The van der Waals surface area contributed by atoms with E-state index in [1.165, 1.54) is 0 Å². The van der Waals surface area contributed by atoms with Gasteiger partial charge in [0.2, 0.25) is 0 Å². The first-order valence-electron chi connectivity index (χ1n) is 7.24. The molecule has 1 unspecified atom stereocenters. The molecule has 0 saturated carbocycles. The van der Waals surface area contributed by atoms with Crippen molar-refractivity contribution in [2.24, 2.45) is 5.73 Å². The number of carbonyl (C=O) groups is 1. The van der Waals surface area contributed by atoms with Crippen LogP contribution in [-0.4, -0.2) is 22.3 Å². The SMILES string of the molecule is CC(CCc1ccc2c(c1)oc1ccccc12)N(O)C(N)=O. The molecular formula is C17H18N2O3. The van der Waals surface area contributed by atoms with Crippen molar-refractivity contribution in [3.8, 4) is 0 Å². The second-order valence-corrected chi connectivity index (χ2v) is 5.50. The topological polar surface area (TPSA) is 79.7 Å². The molecule has 3 N–H and O–H groups in total. The summed E-state index contributed by atoms with van der Waals surface area (Å²) < 4.78 is 5.85. The number of hydrogen-bond donors (Lipinski definition) is 2. The van der Waals surface area contributed by atoms with Gasteiger partial charge in [0.25, 0.3) is 0 Å². The average molecular weight is 298 g/mol. The molecule has 3 aromatic rings. The van der Waals surface area contributed by atoms with E-state index in [9.17, 15) is 10.0 Å². The van der Waals surface area contributed by atoms with Gasteiger partial charge in [-0.25, -0.2) is 9.86 Å². The van der Waals surface area contributed by atoms with Crippen LogP contribution in [0.2, 0.25) is 0 Å². The maximum Gasteiger partial charge on any atom is 0.338 e. The molecule has 1 aromatic heterocycles.